The van der Waals surface area contributed by atoms with Gasteiger partial charge in [-0.1, -0.05) is 42.5 Å². The fraction of sp³-hybridized carbons (Fsp3) is 0.286. The molecule has 0 heterocycles. The number of aryl methyl sites for hydroxylation is 1. The number of amides is 1. The fourth-order valence-electron chi connectivity index (χ4n) is 1.48. The van der Waals surface area contributed by atoms with Gasteiger partial charge in [-0.15, -0.1) is 0 Å². The molecule has 1 aromatic carbocycles. The highest BCUT2D eigenvalue weighted by molar-refractivity contribution is 5.80. The van der Waals surface area contributed by atoms with Crippen molar-refractivity contribution in [2.45, 2.75) is 19.4 Å². The van der Waals surface area contributed by atoms with Crippen LogP contribution in [0.2, 0.25) is 0 Å². The first-order valence-corrected chi connectivity index (χ1v) is 5.85. The van der Waals surface area contributed by atoms with Gasteiger partial charge in [0.1, 0.15) is 12.6 Å². The molecule has 5 nitrogen and oxygen atoms in total. The second kappa shape index (κ2) is 7.20. The van der Waals surface area contributed by atoms with Crippen molar-refractivity contribution in [2.24, 2.45) is 0 Å². The maximum Gasteiger partial charge on any atom is 0.408 e. The second-order valence-electron chi connectivity index (χ2n) is 4.11. The van der Waals surface area contributed by atoms with Gasteiger partial charge in [-0.05, 0) is 12.5 Å². The van der Waals surface area contributed by atoms with Crippen LogP contribution in [0, 0.1) is 6.92 Å². The van der Waals surface area contributed by atoms with E-state index in [2.05, 4.69) is 11.9 Å². The molecule has 1 amide bonds. The average Bonchev–Trinajstić information content (AvgIpc) is 2.38. The predicted molar refractivity (Wildman–Crippen MR) is 71.0 cm³/mol. The molecule has 0 unspecified atom stereocenters. The predicted octanol–water partition coefficient (Wildman–Crippen LogP) is 1.90. The van der Waals surface area contributed by atoms with Crippen molar-refractivity contribution in [1.29, 1.82) is 0 Å². The zero-order chi connectivity index (χ0) is 14.3. The van der Waals surface area contributed by atoms with E-state index in [0.717, 1.165) is 11.1 Å². The number of hydrogen-bond donors (Lipinski definition) is 2. The van der Waals surface area contributed by atoms with Crippen molar-refractivity contribution < 1.29 is 19.4 Å². The molecular formula is C14H17NO4. The first-order valence-electron chi connectivity index (χ1n) is 5.85. The number of benzene rings is 1. The summed E-state index contributed by atoms with van der Waals surface area (Å²) in [5.74, 6) is -1.10. The number of carbonyl (C=O) groups is 2. The van der Waals surface area contributed by atoms with Crippen LogP contribution in [-0.2, 0) is 16.0 Å². The number of carbonyl (C=O) groups excluding carboxylic acids is 1. The summed E-state index contributed by atoms with van der Waals surface area (Å²) >= 11 is 0. The lowest BCUT2D eigenvalue weighted by atomic mass is 10.0. The van der Waals surface area contributed by atoms with Crippen LogP contribution in [0.25, 0.3) is 0 Å². The maximum atomic E-state index is 11.3. The minimum absolute atomic E-state index is 0.0443. The zero-order valence-electron chi connectivity index (χ0n) is 10.8. The Morgan fingerprint density at radius 2 is 2.05 bits per heavy atom. The Hall–Kier alpha value is -2.30. The standard InChI is InChI=1S/C14H17NO4/c1-3-8-19-14(18)15-12(13(16)17)9-11-6-4-10(2)5-7-11/h3-7,12H,1,8-9H2,2H3,(H,15,18)(H,16,17)/t12-/m1/s1. The summed E-state index contributed by atoms with van der Waals surface area (Å²) < 4.78 is 4.70. The smallest absolute Gasteiger partial charge is 0.408 e. The van der Waals surface area contributed by atoms with Crippen molar-refractivity contribution >= 4 is 12.1 Å². The van der Waals surface area contributed by atoms with E-state index >= 15 is 0 Å². The molecule has 0 radical (unpaired) electrons. The number of aliphatic carboxylic acids is 1. The number of nitrogens with one attached hydrogen (secondary N) is 1. The summed E-state index contributed by atoms with van der Waals surface area (Å²) in [6.07, 6.45) is 0.855. The van der Waals surface area contributed by atoms with E-state index in [1.807, 2.05) is 31.2 Å². The summed E-state index contributed by atoms with van der Waals surface area (Å²) in [5, 5.41) is 11.4. The summed E-state index contributed by atoms with van der Waals surface area (Å²) in [6, 6.07) is 6.44. The molecule has 0 aliphatic rings. The Morgan fingerprint density at radius 1 is 1.42 bits per heavy atom. The normalized spacial score (nSPS) is 11.4. The zero-order valence-corrected chi connectivity index (χ0v) is 10.8. The van der Waals surface area contributed by atoms with Crippen LogP contribution in [0.1, 0.15) is 11.1 Å². The Labute approximate surface area is 111 Å². The number of hydrogen-bond acceptors (Lipinski definition) is 3. The molecule has 0 bridgehead atoms. The van der Waals surface area contributed by atoms with E-state index in [9.17, 15) is 9.59 Å². The van der Waals surface area contributed by atoms with Crippen LogP contribution in [0.5, 0.6) is 0 Å². The quantitative estimate of drug-likeness (QED) is 0.769. The molecule has 0 fully saturated rings. The van der Waals surface area contributed by atoms with Crippen molar-refractivity contribution in [2.75, 3.05) is 6.61 Å². The van der Waals surface area contributed by atoms with Crippen molar-refractivity contribution in [3.05, 3.63) is 48.0 Å². The number of ether oxygens (including phenoxy) is 1. The van der Waals surface area contributed by atoms with E-state index in [4.69, 9.17) is 9.84 Å². The van der Waals surface area contributed by atoms with E-state index in [-0.39, 0.29) is 13.0 Å². The van der Waals surface area contributed by atoms with Crippen LogP contribution in [0.4, 0.5) is 4.79 Å². The molecule has 1 rings (SSSR count). The average molecular weight is 263 g/mol. The van der Waals surface area contributed by atoms with Crippen LogP contribution in [0.15, 0.2) is 36.9 Å². The van der Waals surface area contributed by atoms with Crippen LogP contribution in [-0.4, -0.2) is 29.8 Å². The Morgan fingerprint density at radius 3 is 2.58 bits per heavy atom. The van der Waals surface area contributed by atoms with Crippen LogP contribution >= 0.6 is 0 Å². The molecule has 5 heteroatoms. The van der Waals surface area contributed by atoms with Gasteiger partial charge in [-0.3, -0.25) is 0 Å². The number of carboxylic acids is 1. The lowest BCUT2D eigenvalue weighted by Crippen LogP contribution is -2.42. The molecule has 0 spiro atoms. The molecule has 1 aromatic rings. The van der Waals surface area contributed by atoms with Gasteiger partial charge in [0.25, 0.3) is 0 Å². The van der Waals surface area contributed by atoms with E-state index in [0.29, 0.717) is 0 Å². The summed E-state index contributed by atoms with van der Waals surface area (Å²) in [4.78, 5) is 22.4. The van der Waals surface area contributed by atoms with Gasteiger partial charge in [-0.25, -0.2) is 9.59 Å². The van der Waals surface area contributed by atoms with E-state index in [1.54, 1.807) is 0 Å². The van der Waals surface area contributed by atoms with Gasteiger partial charge >= 0.3 is 12.1 Å². The fourth-order valence-corrected chi connectivity index (χ4v) is 1.48. The Bertz CT molecular complexity index is 453. The highest BCUT2D eigenvalue weighted by atomic mass is 16.5. The van der Waals surface area contributed by atoms with Crippen LogP contribution in [0.3, 0.4) is 0 Å². The first kappa shape index (κ1) is 14.8. The third-order valence-corrected chi connectivity index (χ3v) is 2.48. The molecule has 19 heavy (non-hydrogen) atoms. The topological polar surface area (TPSA) is 75.6 Å². The third-order valence-electron chi connectivity index (χ3n) is 2.48. The van der Waals surface area contributed by atoms with Gasteiger partial charge in [0.2, 0.25) is 0 Å². The summed E-state index contributed by atoms with van der Waals surface area (Å²) in [6.45, 7) is 5.39. The number of alkyl carbamates (subject to hydrolysis) is 1. The second-order valence-corrected chi connectivity index (χ2v) is 4.11. The van der Waals surface area contributed by atoms with Gasteiger partial charge in [-0.2, -0.15) is 0 Å². The minimum atomic E-state index is -1.10. The molecule has 0 saturated heterocycles. The Kier molecular flexibility index (Phi) is 5.60. The molecule has 0 aromatic heterocycles. The van der Waals surface area contributed by atoms with Gasteiger partial charge in [0, 0.05) is 6.42 Å². The monoisotopic (exact) mass is 263 g/mol. The first-order chi connectivity index (χ1) is 9.02. The number of rotatable bonds is 6. The number of carboxylic acid groups (broad SMARTS) is 1. The summed E-state index contributed by atoms with van der Waals surface area (Å²) in [7, 11) is 0. The van der Waals surface area contributed by atoms with Gasteiger partial charge < -0.3 is 15.2 Å². The van der Waals surface area contributed by atoms with Crippen molar-refractivity contribution in [3.63, 3.8) is 0 Å². The van der Waals surface area contributed by atoms with Gasteiger partial charge in [0.15, 0.2) is 0 Å². The Balaban J connectivity index is 2.62. The van der Waals surface area contributed by atoms with Crippen molar-refractivity contribution in [1.82, 2.24) is 5.32 Å². The summed E-state index contributed by atoms with van der Waals surface area (Å²) in [5.41, 5.74) is 1.93. The lowest BCUT2D eigenvalue weighted by Gasteiger charge is -2.14. The van der Waals surface area contributed by atoms with E-state index < -0.39 is 18.1 Å². The molecule has 2 N–H and O–H groups in total. The van der Waals surface area contributed by atoms with E-state index in [1.165, 1.54) is 6.08 Å². The highest BCUT2D eigenvalue weighted by Gasteiger charge is 2.20. The lowest BCUT2D eigenvalue weighted by molar-refractivity contribution is -0.139. The molecular weight excluding hydrogens is 246 g/mol. The maximum absolute atomic E-state index is 11.3. The third kappa shape index (κ3) is 5.25. The van der Waals surface area contributed by atoms with Gasteiger partial charge in [0.05, 0.1) is 0 Å². The largest absolute Gasteiger partial charge is 0.480 e. The van der Waals surface area contributed by atoms with Crippen LogP contribution < -0.4 is 5.32 Å². The molecule has 0 saturated carbocycles. The molecule has 0 aliphatic heterocycles. The molecule has 1 atom stereocenters. The molecule has 0 aliphatic carbocycles. The minimum Gasteiger partial charge on any atom is -0.480 e. The SMILES string of the molecule is C=CCOC(=O)N[C@H](Cc1ccc(C)cc1)C(=O)O. The van der Waals surface area contributed by atoms with Crippen molar-refractivity contribution in [3.8, 4) is 0 Å². The highest BCUT2D eigenvalue weighted by Crippen LogP contribution is 2.06. The molecule has 102 valence electrons.